The highest BCUT2D eigenvalue weighted by Gasteiger charge is 2.02. The first-order valence-corrected chi connectivity index (χ1v) is 2.68. The van der Waals surface area contributed by atoms with E-state index in [4.69, 9.17) is 5.90 Å². The van der Waals surface area contributed by atoms with Crippen molar-refractivity contribution >= 4 is 0 Å². The minimum absolute atomic E-state index is 0.104. The number of hydrogen-bond donors (Lipinski definition) is 2. The summed E-state index contributed by atoms with van der Waals surface area (Å²) in [5, 5.41) is 0. The van der Waals surface area contributed by atoms with Crippen LogP contribution in [-0.4, -0.2) is 9.97 Å². The molecule has 1 aromatic rings. The summed E-state index contributed by atoms with van der Waals surface area (Å²) in [7, 11) is 0. The number of rotatable bonds is 2. The molecule has 1 rings (SSSR count). The van der Waals surface area contributed by atoms with E-state index >= 15 is 0 Å². The van der Waals surface area contributed by atoms with Crippen molar-refractivity contribution in [3.05, 3.63) is 18.2 Å². The van der Waals surface area contributed by atoms with Crippen molar-refractivity contribution in [2.45, 2.75) is 13.0 Å². The number of H-pyrrole nitrogens is 1. The van der Waals surface area contributed by atoms with E-state index in [-0.39, 0.29) is 6.10 Å². The highest BCUT2D eigenvalue weighted by molar-refractivity contribution is 4.97. The Hall–Kier alpha value is -0.870. The van der Waals surface area contributed by atoms with Crippen molar-refractivity contribution in [1.29, 1.82) is 0 Å². The molecule has 1 aromatic heterocycles. The first-order valence-electron chi connectivity index (χ1n) is 2.68. The van der Waals surface area contributed by atoms with Crippen LogP contribution in [0.2, 0.25) is 0 Å². The van der Waals surface area contributed by atoms with Gasteiger partial charge in [-0.25, -0.2) is 10.9 Å². The van der Waals surface area contributed by atoms with Crippen LogP contribution in [-0.2, 0) is 4.84 Å². The van der Waals surface area contributed by atoms with Gasteiger partial charge < -0.3 is 4.98 Å². The predicted octanol–water partition coefficient (Wildman–Crippen LogP) is 0.361. The molecule has 4 heteroatoms. The quantitative estimate of drug-likeness (QED) is 0.564. The molecule has 1 heterocycles. The monoisotopic (exact) mass is 127 g/mol. The Bertz CT molecular complexity index is 161. The highest BCUT2D eigenvalue weighted by atomic mass is 16.6. The highest BCUT2D eigenvalue weighted by Crippen LogP contribution is 2.08. The molecule has 50 valence electrons. The Morgan fingerprint density at radius 3 is 3.11 bits per heavy atom. The largest absolute Gasteiger partial charge is 0.346 e. The number of hydrogen-bond acceptors (Lipinski definition) is 3. The summed E-state index contributed by atoms with van der Waals surface area (Å²) in [6.07, 6.45) is 3.16. The standard InChI is InChI=1S/C5H9N3O/c1-4(9-6)5-2-7-3-8-5/h2-4H,6H2,1H3,(H,7,8). The molecule has 0 aliphatic carbocycles. The van der Waals surface area contributed by atoms with Crippen molar-refractivity contribution < 1.29 is 4.84 Å². The molecule has 0 saturated heterocycles. The molecule has 1 unspecified atom stereocenters. The zero-order valence-corrected chi connectivity index (χ0v) is 5.16. The fraction of sp³-hybridized carbons (Fsp3) is 0.400. The van der Waals surface area contributed by atoms with E-state index < -0.39 is 0 Å². The van der Waals surface area contributed by atoms with Gasteiger partial charge in [0.1, 0.15) is 6.10 Å². The lowest BCUT2D eigenvalue weighted by Crippen LogP contribution is -2.05. The van der Waals surface area contributed by atoms with E-state index in [0.29, 0.717) is 0 Å². The van der Waals surface area contributed by atoms with Crippen molar-refractivity contribution in [1.82, 2.24) is 9.97 Å². The average molecular weight is 127 g/mol. The molecule has 9 heavy (non-hydrogen) atoms. The average Bonchev–Trinajstić information content (AvgIpc) is 2.37. The number of imidazole rings is 1. The maximum Gasteiger partial charge on any atom is 0.117 e. The predicted molar refractivity (Wildman–Crippen MR) is 32.3 cm³/mol. The molecular weight excluding hydrogens is 118 g/mol. The van der Waals surface area contributed by atoms with Crippen LogP contribution in [0.1, 0.15) is 18.7 Å². The van der Waals surface area contributed by atoms with Gasteiger partial charge in [0.2, 0.25) is 0 Å². The van der Waals surface area contributed by atoms with Crippen LogP contribution in [0.4, 0.5) is 0 Å². The Morgan fingerprint density at radius 1 is 1.89 bits per heavy atom. The van der Waals surface area contributed by atoms with Gasteiger partial charge in [-0.1, -0.05) is 0 Å². The number of nitrogens with zero attached hydrogens (tertiary/aromatic N) is 1. The zero-order valence-electron chi connectivity index (χ0n) is 5.16. The summed E-state index contributed by atoms with van der Waals surface area (Å²) in [6.45, 7) is 1.84. The third-order valence-corrected chi connectivity index (χ3v) is 1.16. The molecular formula is C5H9N3O. The fourth-order valence-corrected chi connectivity index (χ4v) is 0.562. The van der Waals surface area contributed by atoms with Crippen LogP contribution >= 0.6 is 0 Å². The Kier molecular flexibility index (Phi) is 1.81. The van der Waals surface area contributed by atoms with E-state index in [0.717, 1.165) is 5.69 Å². The van der Waals surface area contributed by atoms with Gasteiger partial charge in [-0.2, -0.15) is 0 Å². The zero-order chi connectivity index (χ0) is 6.69. The van der Waals surface area contributed by atoms with Crippen molar-refractivity contribution in [2.24, 2.45) is 5.90 Å². The van der Waals surface area contributed by atoms with Crippen LogP contribution in [0.3, 0.4) is 0 Å². The maximum atomic E-state index is 4.92. The van der Waals surface area contributed by atoms with Crippen LogP contribution in [0, 0.1) is 0 Å². The summed E-state index contributed by atoms with van der Waals surface area (Å²) < 4.78 is 0. The normalized spacial score (nSPS) is 13.6. The number of aromatic amines is 1. The molecule has 0 aliphatic heterocycles. The smallest absolute Gasteiger partial charge is 0.117 e. The van der Waals surface area contributed by atoms with Crippen molar-refractivity contribution in [3.63, 3.8) is 0 Å². The third kappa shape index (κ3) is 1.28. The second-order valence-electron chi connectivity index (χ2n) is 1.79. The lowest BCUT2D eigenvalue weighted by atomic mass is 10.3. The van der Waals surface area contributed by atoms with Gasteiger partial charge in [-0.15, -0.1) is 0 Å². The summed E-state index contributed by atoms with van der Waals surface area (Å²) in [5.41, 5.74) is 0.887. The molecule has 1 atom stereocenters. The molecule has 0 spiro atoms. The van der Waals surface area contributed by atoms with Crippen LogP contribution in [0.5, 0.6) is 0 Å². The van der Waals surface area contributed by atoms with Gasteiger partial charge in [-0.3, -0.25) is 4.84 Å². The Balaban J connectivity index is 2.65. The van der Waals surface area contributed by atoms with E-state index in [1.165, 1.54) is 0 Å². The van der Waals surface area contributed by atoms with Crippen molar-refractivity contribution in [3.8, 4) is 0 Å². The second-order valence-corrected chi connectivity index (χ2v) is 1.79. The number of nitrogens with one attached hydrogen (secondary N) is 1. The Labute approximate surface area is 53.0 Å². The molecule has 0 fully saturated rings. The topological polar surface area (TPSA) is 63.9 Å². The summed E-state index contributed by atoms with van der Waals surface area (Å²) >= 11 is 0. The van der Waals surface area contributed by atoms with E-state index in [1.807, 2.05) is 6.92 Å². The van der Waals surface area contributed by atoms with E-state index in [9.17, 15) is 0 Å². The van der Waals surface area contributed by atoms with E-state index in [1.54, 1.807) is 12.5 Å². The van der Waals surface area contributed by atoms with Crippen LogP contribution in [0.25, 0.3) is 0 Å². The third-order valence-electron chi connectivity index (χ3n) is 1.16. The molecule has 3 N–H and O–H groups in total. The molecule has 4 nitrogen and oxygen atoms in total. The lowest BCUT2D eigenvalue weighted by Gasteiger charge is -2.02. The van der Waals surface area contributed by atoms with Gasteiger partial charge in [0, 0.05) is 0 Å². The first-order chi connectivity index (χ1) is 4.34. The molecule has 0 amide bonds. The molecule has 0 aromatic carbocycles. The number of nitrogens with two attached hydrogens (primary N) is 1. The lowest BCUT2D eigenvalue weighted by molar-refractivity contribution is 0.0637. The summed E-state index contributed by atoms with van der Waals surface area (Å²) in [5.74, 6) is 4.92. The van der Waals surface area contributed by atoms with Crippen LogP contribution in [0.15, 0.2) is 12.5 Å². The van der Waals surface area contributed by atoms with Gasteiger partial charge >= 0.3 is 0 Å². The SMILES string of the molecule is CC(ON)c1cnc[nH]1. The Morgan fingerprint density at radius 2 is 2.67 bits per heavy atom. The number of aromatic nitrogens is 2. The second kappa shape index (κ2) is 2.61. The van der Waals surface area contributed by atoms with E-state index in [2.05, 4.69) is 14.8 Å². The maximum absolute atomic E-state index is 4.92. The molecule has 0 radical (unpaired) electrons. The molecule has 0 bridgehead atoms. The van der Waals surface area contributed by atoms with Crippen molar-refractivity contribution in [2.75, 3.05) is 0 Å². The first kappa shape index (κ1) is 6.25. The molecule has 0 aliphatic rings. The minimum Gasteiger partial charge on any atom is -0.346 e. The summed E-state index contributed by atoms with van der Waals surface area (Å²) in [6, 6.07) is 0. The van der Waals surface area contributed by atoms with Crippen LogP contribution < -0.4 is 5.90 Å². The minimum atomic E-state index is -0.104. The molecule has 0 saturated carbocycles. The summed E-state index contributed by atoms with van der Waals surface area (Å²) in [4.78, 5) is 11.2. The fourth-order valence-electron chi connectivity index (χ4n) is 0.562. The van der Waals surface area contributed by atoms with Gasteiger partial charge in [0.15, 0.2) is 0 Å². The van der Waals surface area contributed by atoms with Gasteiger partial charge in [0.25, 0.3) is 0 Å². The van der Waals surface area contributed by atoms with Gasteiger partial charge in [0.05, 0.1) is 18.2 Å². The van der Waals surface area contributed by atoms with Gasteiger partial charge in [-0.05, 0) is 6.92 Å².